The number of thiophene rings is 1. The summed E-state index contributed by atoms with van der Waals surface area (Å²) in [5.74, 6) is 0.768. The Morgan fingerprint density at radius 1 is 1.31 bits per heavy atom. The Labute approximate surface area is 175 Å². The second-order valence-electron chi connectivity index (χ2n) is 5.80. The molecule has 1 atom stereocenters. The maximum atomic E-state index is 10.7. The molecule has 2 rings (SSSR count). The van der Waals surface area contributed by atoms with Gasteiger partial charge in [0, 0.05) is 29.6 Å². The predicted octanol–water partition coefficient (Wildman–Crippen LogP) is 4.35. The average molecular weight is 488 g/mol. The van der Waals surface area contributed by atoms with Gasteiger partial charge < -0.3 is 10.6 Å². The van der Waals surface area contributed by atoms with Crippen LogP contribution in [0.5, 0.6) is 0 Å². The number of nitrogens with zero attached hydrogens (tertiary/aromatic N) is 2. The zero-order valence-corrected chi connectivity index (χ0v) is 18.1. The number of non-ortho nitro benzene ring substituents is 1. The van der Waals surface area contributed by atoms with Crippen molar-refractivity contribution in [3.8, 4) is 0 Å². The number of nitro benzene ring substituents is 1. The zero-order chi connectivity index (χ0) is 18.1. The molecule has 0 aliphatic carbocycles. The number of nitro groups is 1. The van der Waals surface area contributed by atoms with Crippen molar-refractivity contribution in [3.63, 3.8) is 0 Å². The Morgan fingerprint density at radius 2 is 2.04 bits per heavy atom. The fourth-order valence-electron chi connectivity index (χ4n) is 2.14. The van der Waals surface area contributed by atoms with Gasteiger partial charge in [0.15, 0.2) is 5.96 Å². The smallest absolute Gasteiger partial charge is 0.269 e. The minimum Gasteiger partial charge on any atom is -0.356 e. The molecule has 2 N–H and O–H groups in total. The quantitative estimate of drug-likeness (QED) is 0.190. The third kappa shape index (κ3) is 7.69. The van der Waals surface area contributed by atoms with Crippen molar-refractivity contribution in [2.45, 2.75) is 39.3 Å². The van der Waals surface area contributed by atoms with Gasteiger partial charge in [0.05, 0.1) is 11.5 Å². The monoisotopic (exact) mass is 488 g/mol. The number of benzene rings is 1. The molecule has 2 aromatic rings. The summed E-state index contributed by atoms with van der Waals surface area (Å²) in [6.07, 6.45) is 1.96. The summed E-state index contributed by atoms with van der Waals surface area (Å²) < 4.78 is 0. The van der Waals surface area contributed by atoms with Crippen molar-refractivity contribution in [2.24, 2.45) is 4.99 Å². The highest BCUT2D eigenvalue weighted by Gasteiger charge is 2.06. The van der Waals surface area contributed by atoms with Gasteiger partial charge in [-0.15, -0.1) is 35.3 Å². The van der Waals surface area contributed by atoms with E-state index in [-0.39, 0.29) is 29.7 Å². The molecule has 6 nitrogen and oxygen atoms in total. The fraction of sp³-hybridized carbons (Fsp3) is 0.389. The van der Waals surface area contributed by atoms with E-state index in [9.17, 15) is 10.1 Å². The number of halogens is 1. The second kappa shape index (κ2) is 11.8. The van der Waals surface area contributed by atoms with Crippen molar-refractivity contribution in [3.05, 3.63) is 62.3 Å². The molecule has 8 heteroatoms. The normalized spacial score (nSPS) is 12.2. The van der Waals surface area contributed by atoms with Gasteiger partial charge in [-0.3, -0.25) is 10.1 Å². The number of hydrogen-bond acceptors (Lipinski definition) is 4. The lowest BCUT2D eigenvalue weighted by Gasteiger charge is -2.17. The maximum absolute atomic E-state index is 10.7. The van der Waals surface area contributed by atoms with Crippen LogP contribution in [0, 0.1) is 10.1 Å². The van der Waals surface area contributed by atoms with Crippen molar-refractivity contribution in [1.29, 1.82) is 0 Å². The first-order valence-corrected chi connectivity index (χ1v) is 9.27. The number of nitrogens with one attached hydrogen (secondary N) is 2. The zero-order valence-electron chi connectivity index (χ0n) is 15.0. The van der Waals surface area contributed by atoms with Crippen LogP contribution in [0.3, 0.4) is 0 Å². The summed E-state index contributed by atoms with van der Waals surface area (Å²) in [6, 6.07) is 11.0. The van der Waals surface area contributed by atoms with Crippen molar-refractivity contribution in [2.75, 3.05) is 6.54 Å². The molecule has 0 fully saturated rings. The third-order valence-electron chi connectivity index (χ3n) is 3.81. The van der Waals surface area contributed by atoms with Crippen LogP contribution in [0.2, 0.25) is 0 Å². The molecule has 0 saturated carbocycles. The summed E-state index contributed by atoms with van der Waals surface area (Å²) in [5, 5.41) is 19.5. The lowest BCUT2D eigenvalue weighted by Crippen LogP contribution is -2.42. The van der Waals surface area contributed by atoms with Crippen LogP contribution < -0.4 is 10.6 Å². The first-order chi connectivity index (χ1) is 12.1. The third-order valence-corrected chi connectivity index (χ3v) is 4.74. The molecule has 0 aliphatic rings. The summed E-state index contributed by atoms with van der Waals surface area (Å²) in [6.45, 7) is 5.52. The van der Waals surface area contributed by atoms with Crippen molar-refractivity contribution >= 4 is 47.0 Å². The molecule has 1 heterocycles. The number of guanidine groups is 1. The van der Waals surface area contributed by atoms with Crippen molar-refractivity contribution < 1.29 is 4.92 Å². The molecule has 0 aliphatic heterocycles. The maximum Gasteiger partial charge on any atom is 0.269 e. The number of rotatable bonds is 8. The summed E-state index contributed by atoms with van der Waals surface area (Å²) in [4.78, 5) is 16.3. The first kappa shape index (κ1) is 22.4. The lowest BCUT2D eigenvalue weighted by molar-refractivity contribution is -0.384. The van der Waals surface area contributed by atoms with Crippen LogP contribution >= 0.6 is 35.3 Å². The number of hydrogen-bond donors (Lipinski definition) is 2. The average Bonchev–Trinajstić information content (AvgIpc) is 3.13. The van der Waals surface area contributed by atoms with Gasteiger partial charge in [-0.1, -0.05) is 25.1 Å². The summed E-state index contributed by atoms with van der Waals surface area (Å²) in [5.41, 5.74) is 1.04. The fourth-order valence-corrected chi connectivity index (χ4v) is 2.85. The second-order valence-corrected chi connectivity index (χ2v) is 6.83. The highest BCUT2D eigenvalue weighted by molar-refractivity contribution is 14.0. The van der Waals surface area contributed by atoms with Gasteiger partial charge in [-0.25, -0.2) is 4.99 Å². The van der Waals surface area contributed by atoms with Crippen LogP contribution in [0.25, 0.3) is 0 Å². The lowest BCUT2D eigenvalue weighted by atomic mass is 10.2. The molecule has 26 heavy (non-hydrogen) atoms. The van der Waals surface area contributed by atoms with E-state index < -0.39 is 4.92 Å². The minimum atomic E-state index is -0.394. The van der Waals surface area contributed by atoms with E-state index in [0.717, 1.165) is 30.9 Å². The molecular weight excluding hydrogens is 463 g/mol. The van der Waals surface area contributed by atoms with Crippen LogP contribution in [-0.4, -0.2) is 23.5 Å². The summed E-state index contributed by atoms with van der Waals surface area (Å²) >= 11 is 1.75. The van der Waals surface area contributed by atoms with E-state index in [1.807, 2.05) is 0 Å². The standard InChI is InChI=1S/C18H24N4O2S.HI/c1-3-14(2)21-18(19-11-10-17-5-4-12-25-17)20-13-15-6-8-16(9-7-15)22(23)24;/h4-9,12,14H,3,10-11,13H2,1-2H3,(H2,19,20,21);1H. The van der Waals surface area contributed by atoms with E-state index >= 15 is 0 Å². The van der Waals surface area contributed by atoms with E-state index in [0.29, 0.717) is 12.6 Å². The Morgan fingerprint density at radius 3 is 2.62 bits per heavy atom. The SMILES string of the molecule is CCC(C)NC(=NCc1ccc([N+](=O)[O-])cc1)NCCc1cccs1.I. The van der Waals surface area contributed by atoms with Gasteiger partial charge in [0.25, 0.3) is 5.69 Å². The Kier molecular flexibility index (Phi) is 10.2. The van der Waals surface area contributed by atoms with Gasteiger partial charge >= 0.3 is 0 Å². The largest absolute Gasteiger partial charge is 0.356 e. The molecule has 0 radical (unpaired) electrons. The highest BCUT2D eigenvalue weighted by atomic mass is 127. The minimum absolute atomic E-state index is 0. The Bertz CT molecular complexity index is 690. The molecule has 142 valence electrons. The molecule has 1 aromatic carbocycles. The molecule has 0 amide bonds. The number of aliphatic imine (C=N–C) groups is 1. The van der Waals surface area contributed by atoms with Gasteiger partial charge in [0.1, 0.15) is 0 Å². The summed E-state index contributed by atoms with van der Waals surface area (Å²) in [7, 11) is 0. The molecule has 0 saturated heterocycles. The van der Waals surface area contributed by atoms with Crippen LogP contribution in [0.4, 0.5) is 5.69 Å². The van der Waals surface area contributed by atoms with Gasteiger partial charge in [-0.05, 0) is 36.8 Å². The molecule has 0 spiro atoms. The van der Waals surface area contributed by atoms with E-state index in [4.69, 9.17) is 0 Å². The Hall–Kier alpha value is -1.68. The van der Waals surface area contributed by atoms with Crippen LogP contribution in [0.15, 0.2) is 46.8 Å². The molecule has 1 unspecified atom stereocenters. The molecular formula is C18H25IN4O2S. The van der Waals surface area contributed by atoms with E-state index in [1.165, 1.54) is 17.0 Å². The van der Waals surface area contributed by atoms with Crippen molar-refractivity contribution in [1.82, 2.24) is 10.6 Å². The van der Waals surface area contributed by atoms with Crippen LogP contribution in [-0.2, 0) is 13.0 Å². The van der Waals surface area contributed by atoms with E-state index in [2.05, 4.69) is 47.0 Å². The van der Waals surface area contributed by atoms with Gasteiger partial charge in [0.2, 0.25) is 0 Å². The van der Waals surface area contributed by atoms with Gasteiger partial charge in [-0.2, -0.15) is 0 Å². The topological polar surface area (TPSA) is 79.6 Å². The molecule has 0 bridgehead atoms. The first-order valence-electron chi connectivity index (χ1n) is 8.39. The molecule has 1 aromatic heterocycles. The Balaban J connectivity index is 0.00000338. The predicted molar refractivity (Wildman–Crippen MR) is 119 cm³/mol. The van der Waals surface area contributed by atoms with E-state index in [1.54, 1.807) is 23.5 Å². The van der Waals surface area contributed by atoms with Crippen LogP contribution in [0.1, 0.15) is 30.7 Å². The highest BCUT2D eigenvalue weighted by Crippen LogP contribution is 2.12.